The number of pyridine rings is 1. The van der Waals surface area contributed by atoms with Crippen LogP contribution in [0.4, 0.5) is 0 Å². The summed E-state index contributed by atoms with van der Waals surface area (Å²) in [5, 5.41) is 53.6. The summed E-state index contributed by atoms with van der Waals surface area (Å²) in [5.74, 6) is -2.82. The summed E-state index contributed by atoms with van der Waals surface area (Å²) in [6.07, 6.45) is 4.49. The van der Waals surface area contributed by atoms with Crippen LogP contribution in [0.2, 0.25) is 0 Å². The summed E-state index contributed by atoms with van der Waals surface area (Å²) in [6, 6.07) is 13.2. The molecule has 12 atom stereocenters. The maximum absolute atomic E-state index is 13.9. The van der Waals surface area contributed by atoms with Crippen molar-refractivity contribution in [3.8, 4) is 11.3 Å². The number of ketones is 1. The van der Waals surface area contributed by atoms with E-state index in [9.17, 15) is 30.0 Å². The number of nitrogens with zero attached hydrogens (tertiary/aromatic N) is 6. The predicted octanol–water partition coefficient (Wildman–Crippen LogP) is 4.06. The van der Waals surface area contributed by atoms with Crippen LogP contribution in [0.5, 0.6) is 0 Å². The molecule has 2 aliphatic heterocycles. The van der Waals surface area contributed by atoms with Crippen molar-refractivity contribution in [1.29, 1.82) is 0 Å². The monoisotopic (exact) mass is 861 g/mol. The number of hydrogen-bond acceptors (Lipinski definition) is 14. The molecule has 1 aromatic carbocycles. The van der Waals surface area contributed by atoms with Crippen LogP contribution in [0.15, 0.2) is 84.9 Å². The molecule has 1 saturated heterocycles. The minimum atomic E-state index is -1.27. The lowest BCUT2D eigenvalue weighted by Crippen LogP contribution is -2.63. The smallest absolute Gasteiger partial charge is 0.308 e. The fourth-order valence-corrected chi connectivity index (χ4v) is 8.62. The van der Waals surface area contributed by atoms with E-state index in [-0.39, 0.29) is 18.8 Å². The highest BCUT2D eigenvalue weighted by molar-refractivity contribution is 5.91. The maximum atomic E-state index is 13.9. The lowest BCUT2D eigenvalue weighted by molar-refractivity contribution is -0.304. The number of hydrogen-bond donors (Lipinski definition) is 4. The number of esters is 1. The number of ether oxygens (including phenoxy) is 3. The van der Waals surface area contributed by atoms with Gasteiger partial charge in [-0.1, -0.05) is 74.0 Å². The quantitative estimate of drug-likeness (QED) is 0.170. The molecule has 3 unspecified atom stereocenters. The van der Waals surface area contributed by atoms with E-state index in [0.29, 0.717) is 45.4 Å². The van der Waals surface area contributed by atoms with Crippen molar-refractivity contribution in [3.63, 3.8) is 0 Å². The second-order valence-corrected chi connectivity index (χ2v) is 17.4. The Bertz CT molecular complexity index is 1890. The molecule has 2 aliphatic rings. The number of carbonyl (C=O) groups excluding carboxylic acids is 2. The molecule has 1 fully saturated rings. The summed E-state index contributed by atoms with van der Waals surface area (Å²) in [5.41, 5.74) is 3.44. The summed E-state index contributed by atoms with van der Waals surface area (Å²) in [4.78, 5) is 35.7. The number of cyclic esters (lactones) is 1. The van der Waals surface area contributed by atoms with E-state index in [0.717, 1.165) is 22.4 Å². The maximum Gasteiger partial charge on any atom is 0.308 e. The minimum absolute atomic E-state index is 0.101. The van der Waals surface area contributed by atoms with E-state index in [2.05, 4.69) is 32.3 Å². The molecule has 0 amide bonds. The zero-order valence-corrected chi connectivity index (χ0v) is 37.3. The fourth-order valence-electron chi connectivity index (χ4n) is 8.62. The Morgan fingerprint density at radius 1 is 0.984 bits per heavy atom. The average molecular weight is 861 g/mol. The van der Waals surface area contributed by atoms with Gasteiger partial charge in [-0.2, -0.15) is 0 Å². The van der Waals surface area contributed by atoms with E-state index >= 15 is 0 Å². The molecule has 4 N–H and O–H groups in total. The third-order valence-corrected chi connectivity index (χ3v) is 12.4. The number of allylic oxidation sites excluding steroid dienone is 3. The van der Waals surface area contributed by atoms with Gasteiger partial charge in [0.05, 0.1) is 56.2 Å². The molecule has 0 aliphatic carbocycles. The van der Waals surface area contributed by atoms with Crippen molar-refractivity contribution < 1.29 is 44.2 Å². The SMILES string of the molecule is CC[C@H]1OC(=O)C[C@@H](O)[C@H](C)[C@@H](O[C@@H]2O[C@H](C)C(O)C(N(C)C)C2O)[C@@H](CCN(CCn2cc(-c3cccnc3)nn2)Cc2ccccc2)C[C@@H](C)C(=O)/C=C/C(C)=C/[C@@H]1CO. The lowest BCUT2D eigenvalue weighted by atomic mass is 9.79. The predicted molar refractivity (Wildman–Crippen MR) is 234 cm³/mol. The Balaban J connectivity index is 1.50. The van der Waals surface area contributed by atoms with Crippen molar-refractivity contribution in [3.05, 3.63) is 90.4 Å². The molecule has 3 aromatic rings. The van der Waals surface area contributed by atoms with Crippen molar-refractivity contribution in [1.82, 2.24) is 29.8 Å². The second-order valence-electron chi connectivity index (χ2n) is 17.4. The second kappa shape index (κ2) is 23.5. The highest BCUT2D eigenvalue weighted by Crippen LogP contribution is 2.35. The van der Waals surface area contributed by atoms with E-state index in [1.165, 1.54) is 0 Å². The molecule has 0 saturated carbocycles. The Hall–Kier alpha value is -4.19. The molecule has 5 rings (SSSR count). The molecule has 62 heavy (non-hydrogen) atoms. The van der Waals surface area contributed by atoms with E-state index < -0.39 is 78.6 Å². The van der Waals surface area contributed by atoms with Gasteiger partial charge in [-0.3, -0.25) is 24.2 Å². The first kappa shape index (κ1) is 48.8. The van der Waals surface area contributed by atoms with Crippen molar-refractivity contribution >= 4 is 11.8 Å². The number of aromatic nitrogens is 4. The lowest BCUT2D eigenvalue weighted by Gasteiger charge is -2.46. The summed E-state index contributed by atoms with van der Waals surface area (Å²) < 4.78 is 20.7. The molecule has 15 heteroatoms. The standard InChI is InChI=1S/C47H68N6O9/c1-8-41-37(29-54)23-30(2)16-17-39(55)31(3)24-35(46(32(4)40(56)25-42(57)61-41)62-47-45(59)43(51(6)7)44(58)33(5)60-47)18-20-52(27-34-13-10-9-11-14-34)21-22-53-28-38(49-50-53)36-15-12-19-48-26-36/h9-17,19,23,26,28,31-33,35,37,40-41,43-47,54,56,58-59H,8,18,20-22,24-25,27,29H2,1-7H3/b17-16+,30-23+/t31-,32+,33-,35+,37-,40-,41-,43?,44?,45?,46-,47+/m1/s1. The summed E-state index contributed by atoms with van der Waals surface area (Å²) in [6.45, 7) is 11.1. The molecule has 15 nitrogen and oxygen atoms in total. The number of benzene rings is 1. The van der Waals surface area contributed by atoms with Crippen LogP contribution in [-0.2, 0) is 36.9 Å². The van der Waals surface area contributed by atoms with Gasteiger partial charge in [0, 0.05) is 48.8 Å². The van der Waals surface area contributed by atoms with Gasteiger partial charge in [-0.15, -0.1) is 5.10 Å². The van der Waals surface area contributed by atoms with Crippen LogP contribution in [0, 0.1) is 23.7 Å². The van der Waals surface area contributed by atoms with Gasteiger partial charge < -0.3 is 39.5 Å². The van der Waals surface area contributed by atoms with Crippen LogP contribution in [0.3, 0.4) is 0 Å². The minimum Gasteiger partial charge on any atom is -0.462 e. The first-order chi connectivity index (χ1) is 29.7. The third kappa shape index (κ3) is 13.4. The molecule has 0 spiro atoms. The molecular formula is C47H68N6O9. The third-order valence-electron chi connectivity index (χ3n) is 12.4. The highest BCUT2D eigenvalue weighted by Gasteiger charge is 2.47. The average Bonchev–Trinajstić information content (AvgIpc) is 3.74. The Labute approximate surface area is 366 Å². The largest absolute Gasteiger partial charge is 0.462 e. The summed E-state index contributed by atoms with van der Waals surface area (Å²) >= 11 is 0. The van der Waals surface area contributed by atoms with Gasteiger partial charge in [0.1, 0.15) is 17.9 Å². The van der Waals surface area contributed by atoms with Gasteiger partial charge >= 0.3 is 5.97 Å². The molecule has 340 valence electrons. The molecule has 0 bridgehead atoms. The highest BCUT2D eigenvalue weighted by atomic mass is 16.7. The van der Waals surface area contributed by atoms with Crippen molar-refractivity contribution in [2.75, 3.05) is 33.8 Å². The van der Waals surface area contributed by atoms with Crippen LogP contribution in [0.1, 0.15) is 65.9 Å². The molecular weight excluding hydrogens is 793 g/mol. The number of likely N-dealkylation sites (N-methyl/N-ethyl adjacent to an activating group) is 1. The molecule has 0 radical (unpaired) electrons. The first-order valence-corrected chi connectivity index (χ1v) is 22.0. The van der Waals surface area contributed by atoms with Crippen molar-refractivity contribution in [2.45, 2.75) is 122 Å². The zero-order valence-electron chi connectivity index (χ0n) is 37.3. The Morgan fingerprint density at radius 3 is 2.42 bits per heavy atom. The Kier molecular flexibility index (Phi) is 18.5. The van der Waals surface area contributed by atoms with Gasteiger partial charge in [-0.05, 0) is 83.4 Å². The number of carbonyl (C=O) groups is 2. The van der Waals surface area contributed by atoms with Gasteiger partial charge in [0.2, 0.25) is 0 Å². The van der Waals surface area contributed by atoms with Crippen LogP contribution >= 0.6 is 0 Å². The topological polar surface area (TPSA) is 193 Å². The number of rotatable bonds is 14. The van der Waals surface area contributed by atoms with Crippen LogP contribution in [0.25, 0.3) is 11.3 Å². The van der Waals surface area contributed by atoms with Gasteiger partial charge in [0.25, 0.3) is 0 Å². The van der Waals surface area contributed by atoms with E-state index in [1.807, 2.05) is 68.1 Å². The van der Waals surface area contributed by atoms with Crippen LogP contribution < -0.4 is 0 Å². The Morgan fingerprint density at radius 2 is 1.74 bits per heavy atom. The fraction of sp³-hybridized carbons (Fsp3) is 0.596. The van der Waals surface area contributed by atoms with Crippen molar-refractivity contribution in [2.24, 2.45) is 23.7 Å². The number of aliphatic hydroxyl groups is 4. The van der Waals surface area contributed by atoms with E-state index in [4.69, 9.17) is 14.2 Å². The summed E-state index contributed by atoms with van der Waals surface area (Å²) in [7, 11) is 3.53. The number of aliphatic hydroxyl groups excluding tert-OH is 4. The molecule has 2 aromatic heterocycles. The first-order valence-electron chi connectivity index (χ1n) is 22.0. The van der Waals surface area contributed by atoms with E-state index in [1.54, 1.807) is 57.4 Å². The van der Waals surface area contributed by atoms with Crippen LogP contribution in [-0.4, -0.2) is 145 Å². The zero-order chi connectivity index (χ0) is 44.9. The normalized spacial score (nSPS) is 32.0. The van der Waals surface area contributed by atoms with Gasteiger partial charge in [0.15, 0.2) is 12.1 Å². The van der Waals surface area contributed by atoms with Gasteiger partial charge in [-0.25, -0.2) is 0 Å². The molecule has 4 heterocycles.